The Bertz CT molecular complexity index is 842. The summed E-state index contributed by atoms with van der Waals surface area (Å²) < 4.78 is 1.23. The smallest absolute Gasteiger partial charge is 0.342 e. The van der Waals surface area contributed by atoms with Crippen molar-refractivity contribution in [2.45, 2.75) is 58.5 Å². The number of hydrogen-bond donors (Lipinski definition) is 2. The van der Waals surface area contributed by atoms with Crippen molar-refractivity contribution in [3.05, 3.63) is 51.0 Å². The van der Waals surface area contributed by atoms with Crippen LogP contribution in [0.1, 0.15) is 70.2 Å². The molecule has 1 unspecified atom stereocenters. The van der Waals surface area contributed by atoms with Gasteiger partial charge in [-0.25, -0.2) is 9.55 Å². The molecule has 0 saturated carbocycles. The average Bonchev–Trinajstić information content (AvgIpc) is 2.86. The molecule has 2 N–H and O–H groups in total. The molecule has 142 valence electrons. The zero-order chi connectivity index (χ0) is 20.0. The standard InChI is InChI=1S/C19H27N3O4/c1-18(2,3)11-8-12(15(23)13(9-11)19(4,5)6)16(24)17-20-10-14(21(17)7)22(25)26/h8-10,16,23-24H,1-7H3. The molecule has 7 heteroatoms. The second-order valence-corrected chi connectivity index (χ2v) is 8.65. The van der Waals surface area contributed by atoms with Crippen molar-refractivity contribution in [3.63, 3.8) is 0 Å². The molecule has 1 aromatic heterocycles. The fourth-order valence-electron chi connectivity index (χ4n) is 2.85. The molecule has 0 fully saturated rings. The Morgan fingerprint density at radius 1 is 1.15 bits per heavy atom. The van der Waals surface area contributed by atoms with Gasteiger partial charge in [-0.05, 0) is 32.9 Å². The summed E-state index contributed by atoms with van der Waals surface area (Å²) in [4.78, 5) is 14.5. The summed E-state index contributed by atoms with van der Waals surface area (Å²) >= 11 is 0. The van der Waals surface area contributed by atoms with Crippen LogP contribution in [-0.2, 0) is 17.9 Å². The minimum atomic E-state index is -1.28. The molecule has 0 aliphatic heterocycles. The van der Waals surface area contributed by atoms with E-state index in [1.165, 1.54) is 11.6 Å². The number of aliphatic hydroxyl groups excluding tert-OH is 1. The third kappa shape index (κ3) is 3.58. The van der Waals surface area contributed by atoms with E-state index in [-0.39, 0.29) is 28.2 Å². The zero-order valence-corrected chi connectivity index (χ0v) is 16.4. The Kier molecular flexibility index (Phi) is 4.89. The van der Waals surface area contributed by atoms with E-state index in [9.17, 15) is 20.3 Å². The maximum absolute atomic E-state index is 11.0. The van der Waals surface area contributed by atoms with Crippen LogP contribution in [0.3, 0.4) is 0 Å². The van der Waals surface area contributed by atoms with Gasteiger partial charge in [0.15, 0.2) is 6.10 Å². The molecule has 0 aliphatic rings. The molecule has 0 spiro atoms. The van der Waals surface area contributed by atoms with E-state index in [1.54, 1.807) is 6.07 Å². The summed E-state index contributed by atoms with van der Waals surface area (Å²) in [6.07, 6.45) is -0.175. The highest BCUT2D eigenvalue weighted by Gasteiger charge is 2.31. The Hall–Kier alpha value is -2.41. The van der Waals surface area contributed by atoms with Crippen LogP contribution in [-0.4, -0.2) is 24.7 Å². The number of phenols is 1. The summed E-state index contributed by atoms with van der Waals surface area (Å²) in [6.45, 7) is 12.1. The zero-order valence-electron chi connectivity index (χ0n) is 16.4. The molecule has 7 nitrogen and oxygen atoms in total. The largest absolute Gasteiger partial charge is 0.507 e. The molecule has 26 heavy (non-hydrogen) atoms. The van der Waals surface area contributed by atoms with Gasteiger partial charge in [0, 0.05) is 5.56 Å². The van der Waals surface area contributed by atoms with Gasteiger partial charge >= 0.3 is 5.82 Å². The maximum atomic E-state index is 11.0. The SMILES string of the molecule is Cn1c([N+](=O)[O-])cnc1C(O)c1cc(C(C)(C)C)cc(C(C)(C)C)c1O. The molecular formula is C19H27N3O4. The average molecular weight is 361 g/mol. The van der Waals surface area contributed by atoms with E-state index in [2.05, 4.69) is 4.98 Å². The first kappa shape index (κ1) is 19.9. The fourth-order valence-corrected chi connectivity index (χ4v) is 2.85. The van der Waals surface area contributed by atoms with Gasteiger partial charge in [-0.2, -0.15) is 0 Å². The number of rotatable bonds is 3. The summed E-state index contributed by atoms with van der Waals surface area (Å²) in [5.74, 6) is -0.122. The number of phenolic OH excluding ortho intramolecular Hbond substituents is 1. The van der Waals surface area contributed by atoms with Crippen LogP contribution in [0.5, 0.6) is 5.75 Å². The van der Waals surface area contributed by atoms with Crippen molar-refractivity contribution in [2.75, 3.05) is 0 Å². The number of benzene rings is 1. The predicted molar refractivity (Wildman–Crippen MR) is 99.4 cm³/mol. The number of aromatic hydroxyl groups is 1. The number of imidazole rings is 1. The van der Waals surface area contributed by atoms with E-state index < -0.39 is 11.0 Å². The molecule has 0 aliphatic carbocycles. The van der Waals surface area contributed by atoms with Crippen molar-refractivity contribution >= 4 is 5.82 Å². The quantitative estimate of drug-likeness (QED) is 0.641. The molecule has 1 aromatic carbocycles. The van der Waals surface area contributed by atoms with E-state index in [1.807, 2.05) is 47.6 Å². The van der Waals surface area contributed by atoms with Crippen molar-refractivity contribution in [1.29, 1.82) is 0 Å². The lowest BCUT2D eigenvalue weighted by Gasteiger charge is -2.28. The summed E-state index contributed by atoms with van der Waals surface area (Å²) in [7, 11) is 1.47. The lowest BCUT2D eigenvalue weighted by molar-refractivity contribution is -0.391. The Balaban J connectivity index is 2.70. The van der Waals surface area contributed by atoms with Crippen LogP contribution in [0.25, 0.3) is 0 Å². The molecule has 0 radical (unpaired) electrons. The van der Waals surface area contributed by atoms with Crippen molar-refractivity contribution < 1.29 is 15.1 Å². The maximum Gasteiger partial charge on any atom is 0.342 e. The highest BCUT2D eigenvalue weighted by Crippen LogP contribution is 2.41. The first-order chi connectivity index (χ1) is 11.7. The molecule has 1 heterocycles. The highest BCUT2D eigenvalue weighted by atomic mass is 16.6. The van der Waals surface area contributed by atoms with E-state index in [0.29, 0.717) is 11.1 Å². The van der Waals surface area contributed by atoms with E-state index in [4.69, 9.17) is 0 Å². The van der Waals surface area contributed by atoms with Gasteiger partial charge in [0.25, 0.3) is 0 Å². The summed E-state index contributed by atoms with van der Waals surface area (Å²) in [5, 5.41) is 32.7. The van der Waals surface area contributed by atoms with Gasteiger partial charge in [0.1, 0.15) is 11.9 Å². The van der Waals surface area contributed by atoms with Gasteiger partial charge in [-0.15, -0.1) is 0 Å². The normalized spacial score (nSPS) is 13.7. The molecule has 0 bridgehead atoms. The number of hydrogen-bond acceptors (Lipinski definition) is 5. The Morgan fingerprint density at radius 3 is 2.15 bits per heavy atom. The van der Waals surface area contributed by atoms with E-state index in [0.717, 1.165) is 11.8 Å². The Morgan fingerprint density at radius 2 is 1.73 bits per heavy atom. The van der Waals surface area contributed by atoms with Gasteiger partial charge in [-0.3, -0.25) is 0 Å². The molecule has 2 aromatic rings. The van der Waals surface area contributed by atoms with Crippen molar-refractivity contribution in [3.8, 4) is 5.75 Å². The first-order valence-electron chi connectivity index (χ1n) is 8.47. The molecule has 2 rings (SSSR count). The van der Waals surface area contributed by atoms with Crippen molar-refractivity contribution in [2.24, 2.45) is 7.05 Å². The van der Waals surface area contributed by atoms with Crippen LogP contribution in [0.15, 0.2) is 18.3 Å². The lowest BCUT2D eigenvalue weighted by Crippen LogP contribution is -2.19. The molecule has 1 atom stereocenters. The minimum absolute atomic E-state index is 0.0105. The topological polar surface area (TPSA) is 101 Å². The number of nitrogens with zero attached hydrogens (tertiary/aromatic N) is 3. The van der Waals surface area contributed by atoms with Crippen LogP contribution >= 0.6 is 0 Å². The number of nitro groups is 1. The van der Waals surface area contributed by atoms with Crippen LogP contribution < -0.4 is 0 Å². The monoisotopic (exact) mass is 361 g/mol. The van der Waals surface area contributed by atoms with Gasteiger partial charge in [0.2, 0.25) is 5.82 Å². The summed E-state index contributed by atoms with van der Waals surface area (Å²) in [6, 6.07) is 3.70. The molecule has 0 amide bonds. The minimum Gasteiger partial charge on any atom is -0.507 e. The fraction of sp³-hybridized carbons (Fsp3) is 0.526. The van der Waals surface area contributed by atoms with E-state index >= 15 is 0 Å². The third-order valence-corrected chi connectivity index (χ3v) is 4.54. The second-order valence-electron chi connectivity index (χ2n) is 8.65. The van der Waals surface area contributed by atoms with Gasteiger partial charge < -0.3 is 20.3 Å². The summed E-state index contributed by atoms with van der Waals surface area (Å²) in [5.41, 5.74) is 1.43. The van der Waals surface area contributed by atoms with Gasteiger partial charge in [0.05, 0.1) is 7.05 Å². The molecule has 0 saturated heterocycles. The second kappa shape index (κ2) is 6.39. The van der Waals surface area contributed by atoms with Crippen molar-refractivity contribution in [1.82, 2.24) is 9.55 Å². The third-order valence-electron chi connectivity index (χ3n) is 4.54. The lowest BCUT2D eigenvalue weighted by atomic mass is 9.78. The highest BCUT2D eigenvalue weighted by molar-refractivity contribution is 5.51. The van der Waals surface area contributed by atoms with Gasteiger partial charge in [-0.1, -0.05) is 47.6 Å². The molecular weight excluding hydrogens is 334 g/mol. The number of aliphatic hydroxyl groups is 1. The Labute approximate surface area is 153 Å². The first-order valence-corrected chi connectivity index (χ1v) is 8.47. The van der Waals surface area contributed by atoms with Crippen LogP contribution in [0.2, 0.25) is 0 Å². The predicted octanol–water partition coefficient (Wildman–Crippen LogP) is 3.71. The van der Waals surface area contributed by atoms with Crippen LogP contribution in [0, 0.1) is 10.1 Å². The number of aromatic nitrogens is 2. The van der Waals surface area contributed by atoms with Crippen LogP contribution in [0.4, 0.5) is 5.82 Å².